The summed E-state index contributed by atoms with van der Waals surface area (Å²) in [5, 5.41) is 0. The Bertz CT molecular complexity index is 572. The number of aryl methyl sites for hydroxylation is 1. The maximum atomic E-state index is 12.5. The second-order valence-electron chi connectivity index (χ2n) is 7.02. The summed E-state index contributed by atoms with van der Waals surface area (Å²) in [6, 6.07) is 10.3. The van der Waals surface area contributed by atoms with Crippen molar-refractivity contribution < 1.29 is 9.59 Å². The Hall–Kier alpha value is -1.84. The first-order valence-electron chi connectivity index (χ1n) is 8.68. The summed E-state index contributed by atoms with van der Waals surface area (Å²) in [4.78, 5) is 28.7. The fourth-order valence-corrected chi connectivity index (χ4v) is 3.98. The topological polar surface area (TPSA) is 40.6 Å². The molecule has 23 heavy (non-hydrogen) atoms. The second kappa shape index (κ2) is 6.73. The van der Waals surface area contributed by atoms with Crippen LogP contribution < -0.4 is 0 Å². The Labute approximate surface area is 138 Å². The van der Waals surface area contributed by atoms with Crippen LogP contribution >= 0.6 is 0 Å². The first kappa shape index (κ1) is 16.0. The number of hydrogen-bond donors (Lipinski definition) is 0. The van der Waals surface area contributed by atoms with Crippen LogP contribution in [0.1, 0.15) is 37.7 Å². The predicted octanol–water partition coefficient (Wildman–Crippen LogP) is 2.48. The van der Waals surface area contributed by atoms with Crippen LogP contribution in [0, 0.1) is 5.41 Å². The molecule has 1 unspecified atom stereocenters. The Balaban J connectivity index is 1.50. The van der Waals surface area contributed by atoms with Gasteiger partial charge in [-0.1, -0.05) is 30.3 Å². The van der Waals surface area contributed by atoms with Gasteiger partial charge in [0.05, 0.1) is 5.41 Å². The van der Waals surface area contributed by atoms with Crippen molar-refractivity contribution in [2.24, 2.45) is 5.41 Å². The average Bonchev–Trinajstić information content (AvgIpc) is 2.99. The minimum Gasteiger partial charge on any atom is -0.345 e. The van der Waals surface area contributed by atoms with Gasteiger partial charge in [0.15, 0.2) is 0 Å². The molecule has 2 aliphatic heterocycles. The van der Waals surface area contributed by atoms with Gasteiger partial charge in [0, 0.05) is 33.1 Å². The van der Waals surface area contributed by atoms with Crippen molar-refractivity contribution in [3.8, 4) is 0 Å². The lowest BCUT2D eigenvalue weighted by Crippen LogP contribution is -2.48. The molecule has 1 aromatic rings. The van der Waals surface area contributed by atoms with Crippen LogP contribution in [-0.4, -0.2) is 48.3 Å². The van der Waals surface area contributed by atoms with Gasteiger partial charge >= 0.3 is 0 Å². The number of nitrogens with zero attached hydrogens (tertiary/aromatic N) is 2. The molecular weight excluding hydrogens is 288 g/mol. The van der Waals surface area contributed by atoms with Gasteiger partial charge in [-0.05, 0) is 37.7 Å². The summed E-state index contributed by atoms with van der Waals surface area (Å²) in [6.07, 6.45) is 5.21. The first-order chi connectivity index (χ1) is 11.1. The summed E-state index contributed by atoms with van der Waals surface area (Å²) < 4.78 is 0. The molecule has 4 nitrogen and oxygen atoms in total. The van der Waals surface area contributed by atoms with Crippen molar-refractivity contribution in [2.75, 3.05) is 26.7 Å². The third-order valence-electron chi connectivity index (χ3n) is 5.35. The van der Waals surface area contributed by atoms with Crippen LogP contribution in [0.2, 0.25) is 0 Å². The molecule has 0 radical (unpaired) electrons. The van der Waals surface area contributed by atoms with Crippen molar-refractivity contribution in [3.05, 3.63) is 35.9 Å². The third kappa shape index (κ3) is 3.41. The monoisotopic (exact) mass is 314 g/mol. The van der Waals surface area contributed by atoms with E-state index in [1.165, 1.54) is 5.56 Å². The van der Waals surface area contributed by atoms with Crippen molar-refractivity contribution in [1.82, 2.24) is 9.80 Å². The lowest BCUT2D eigenvalue weighted by Gasteiger charge is -2.37. The number of piperidine rings is 1. The molecule has 2 fully saturated rings. The fraction of sp³-hybridized carbons (Fsp3) is 0.579. The highest BCUT2D eigenvalue weighted by molar-refractivity contribution is 5.85. The zero-order valence-electron chi connectivity index (χ0n) is 14.0. The van der Waals surface area contributed by atoms with Crippen LogP contribution in [0.5, 0.6) is 0 Å². The highest BCUT2D eigenvalue weighted by Crippen LogP contribution is 2.39. The minimum atomic E-state index is -0.290. The van der Waals surface area contributed by atoms with Crippen LogP contribution in [-0.2, 0) is 16.0 Å². The average molecular weight is 314 g/mol. The normalized spacial score (nSPS) is 24.5. The van der Waals surface area contributed by atoms with E-state index in [9.17, 15) is 9.59 Å². The highest BCUT2D eigenvalue weighted by atomic mass is 16.2. The quantitative estimate of drug-likeness (QED) is 0.856. The minimum absolute atomic E-state index is 0.207. The second-order valence-corrected chi connectivity index (χ2v) is 7.02. The molecule has 2 heterocycles. The number of benzene rings is 1. The molecule has 0 N–H and O–H groups in total. The molecule has 0 aliphatic carbocycles. The van der Waals surface area contributed by atoms with Gasteiger partial charge in [-0.25, -0.2) is 0 Å². The maximum Gasteiger partial charge on any atom is 0.230 e. The summed E-state index contributed by atoms with van der Waals surface area (Å²) in [7, 11) is 1.88. The van der Waals surface area contributed by atoms with E-state index in [0.717, 1.165) is 45.2 Å². The predicted molar refractivity (Wildman–Crippen MR) is 89.9 cm³/mol. The molecule has 1 aromatic carbocycles. The number of rotatable bonds is 4. The zero-order valence-corrected chi connectivity index (χ0v) is 14.0. The standard InChI is InChI=1S/C19H26N2O2/c1-20-13-6-11-19(18(20)23)12-14-21(15-19)17(22)10-5-9-16-7-3-2-4-8-16/h2-4,7-8H,5-6,9-15H2,1H3. The van der Waals surface area contributed by atoms with Crippen molar-refractivity contribution in [3.63, 3.8) is 0 Å². The van der Waals surface area contributed by atoms with Crippen molar-refractivity contribution >= 4 is 11.8 Å². The SMILES string of the molecule is CN1CCCC2(CCN(C(=O)CCCc3ccccc3)C2)C1=O. The number of likely N-dealkylation sites (tertiary alicyclic amines) is 2. The maximum absolute atomic E-state index is 12.5. The summed E-state index contributed by atoms with van der Waals surface area (Å²) in [6.45, 7) is 2.22. The number of hydrogen-bond acceptors (Lipinski definition) is 2. The highest BCUT2D eigenvalue weighted by Gasteiger charge is 2.48. The lowest BCUT2D eigenvalue weighted by molar-refractivity contribution is -0.144. The van der Waals surface area contributed by atoms with E-state index in [1.54, 1.807) is 0 Å². The molecule has 2 aliphatic rings. The van der Waals surface area contributed by atoms with Gasteiger partial charge in [0.25, 0.3) is 0 Å². The molecule has 2 amide bonds. The van der Waals surface area contributed by atoms with Crippen LogP contribution in [0.4, 0.5) is 0 Å². The molecule has 4 heteroatoms. The van der Waals surface area contributed by atoms with Gasteiger partial charge in [-0.2, -0.15) is 0 Å². The molecule has 2 saturated heterocycles. The van der Waals surface area contributed by atoms with Crippen LogP contribution in [0.25, 0.3) is 0 Å². The number of amides is 2. The molecule has 1 spiro atoms. The van der Waals surface area contributed by atoms with Gasteiger partial charge < -0.3 is 9.80 Å². The van der Waals surface area contributed by atoms with E-state index < -0.39 is 0 Å². The van der Waals surface area contributed by atoms with E-state index in [0.29, 0.717) is 13.0 Å². The molecule has 0 bridgehead atoms. The van der Waals surface area contributed by atoms with Crippen LogP contribution in [0.15, 0.2) is 30.3 Å². The number of carbonyl (C=O) groups is 2. The summed E-state index contributed by atoms with van der Waals surface area (Å²) in [5.41, 5.74) is 0.990. The van der Waals surface area contributed by atoms with Gasteiger partial charge in [0.2, 0.25) is 11.8 Å². The van der Waals surface area contributed by atoms with E-state index in [4.69, 9.17) is 0 Å². The molecule has 3 rings (SSSR count). The third-order valence-corrected chi connectivity index (χ3v) is 5.35. The van der Waals surface area contributed by atoms with Gasteiger partial charge in [0.1, 0.15) is 0 Å². The van der Waals surface area contributed by atoms with Gasteiger partial charge in [-0.15, -0.1) is 0 Å². The Morgan fingerprint density at radius 1 is 1.17 bits per heavy atom. The van der Waals surface area contributed by atoms with E-state index in [2.05, 4.69) is 12.1 Å². The van der Waals surface area contributed by atoms with Crippen LogP contribution in [0.3, 0.4) is 0 Å². The van der Waals surface area contributed by atoms with Crippen molar-refractivity contribution in [1.29, 1.82) is 0 Å². The Morgan fingerprint density at radius 2 is 1.96 bits per heavy atom. The fourth-order valence-electron chi connectivity index (χ4n) is 3.98. The largest absolute Gasteiger partial charge is 0.345 e. The van der Waals surface area contributed by atoms with Gasteiger partial charge in [-0.3, -0.25) is 9.59 Å². The molecular formula is C19H26N2O2. The molecule has 0 saturated carbocycles. The first-order valence-corrected chi connectivity index (χ1v) is 8.68. The molecule has 1 atom stereocenters. The Morgan fingerprint density at radius 3 is 2.74 bits per heavy atom. The van der Waals surface area contributed by atoms with E-state index in [-0.39, 0.29) is 17.2 Å². The number of carbonyl (C=O) groups excluding carboxylic acids is 2. The van der Waals surface area contributed by atoms with E-state index in [1.807, 2.05) is 35.0 Å². The van der Waals surface area contributed by atoms with Crippen molar-refractivity contribution in [2.45, 2.75) is 38.5 Å². The van der Waals surface area contributed by atoms with E-state index >= 15 is 0 Å². The lowest BCUT2D eigenvalue weighted by atomic mass is 9.78. The zero-order chi connectivity index (χ0) is 16.3. The summed E-state index contributed by atoms with van der Waals surface area (Å²) in [5.74, 6) is 0.446. The Kier molecular flexibility index (Phi) is 4.69. The molecule has 124 valence electrons. The molecule has 0 aromatic heterocycles. The summed E-state index contributed by atoms with van der Waals surface area (Å²) >= 11 is 0. The smallest absolute Gasteiger partial charge is 0.230 e.